The SMILES string of the molecule is COCPc1ccccc1PCOC. The monoisotopic (exact) mass is 230 g/mol. The van der Waals surface area contributed by atoms with Crippen LogP contribution in [-0.4, -0.2) is 26.9 Å². The van der Waals surface area contributed by atoms with Gasteiger partial charge >= 0.3 is 0 Å². The van der Waals surface area contributed by atoms with E-state index >= 15 is 0 Å². The van der Waals surface area contributed by atoms with E-state index in [-0.39, 0.29) is 0 Å². The normalized spacial score (nSPS) is 12.1. The number of ether oxygens (including phenoxy) is 2. The smallest absolute Gasteiger partial charge is 0.0669 e. The number of hydrogen-bond donors (Lipinski definition) is 0. The maximum Gasteiger partial charge on any atom is 0.0669 e. The second-order valence-corrected chi connectivity index (χ2v) is 5.13. The Labute approximate surface area is 88.9 Å². The molecule has 0 radical (unpaired) electrons. The molecule has 78 valence electrons. The number of methoxy groups -OCH3 is 2. The van der Waals surface area contributed by atoms with Crippen LogP contribution in [0.15, 0.2) is 24.3 Å². The van der Waals surface area contributed by atoms with Crippen molar-refractivity contribution in [2.75, 3.05) is 26.9 Å². The molecule has 2 unspecified atom stereocenters. The van der Waals surface area contributed by atoms with Crippen LogP contribution in [0.1, 0.15) is 0 Å². The van der Waals surface area contributed by atoms with Gasteiger partial charge in [-0.25, -0.2) is 0 Å². The fourth-order valence-corrected chi connectivity index (χ4v) is 3.20. The second-order valence-electron chi connectivity index (χ2n) is 2.77. The Bertz CT molecular complexity index is 239. The number of hydrogen-bond acceptors (Lipinski definition) is 2. The van der Waals surface area contributed by atoms with E-state index in [1.165, 1.54) is 10.6 Å². The zero-order valence-corrected chi connectivity index (χ0v) is 10.5. The van der Waals surface area contributed by atoms with Gasteiger partial charge in [-0.2, -0.15) is 0 Å². The molecule has 1 aromatic rings. The van der Waals surface area contributed by atoms with Crippen LogP contribution in [0, 0.1) is 0 Å². The van der Waals surface area contributed by atoms with Gasteiger partial charge in [0.05, 0.1) is 12.7 Å². The molecule has 1 aromatic carbocycles. The summed E-state index contributed by atoms with van der Waals surface area (Å²) in [5, 5.41) is 2.81. The van der Waals surface area contributed by atoms with E-state index < -0.39 is 0 Å². The highest BCUT2D eigenvalue weighted by molar-refractivity contribution is 7.54. The Balaban J connectivity index is 2.60. The van der Waals surface area contributed by atoms with Crippen LogP contribution in [0.3, 0.4) is 0 Å². The van der Waals surface area contributed by atoms with Crippen molar-refractivity contribution in [3.63, 3.8) is 0 Å². The summed E-state index contributed by atoms with van der Waals surface area (Å²) in [6.45, 7) is 0. The van der Waals surface area contributed by atoms with Crippen molar-refractivity contribution in [1.82, 2.24) is 0 Å². The van der Waals surface area contributed by atoms with Crippen molar-refractivity contribution < 1.29 is 9.47 Å². The second kappa shape index (κ2) is 7.31. The molecule has 0 spiro atoms. The van der Waals surface area contributed by atoms with E-state index in [1.54, 1.807) is 14.2 Å². The topological polar surface area (TPSA) is 18.5 Å². The summed E-state index contributed by atoms with van der Waals surface area (Å²) in [5.74, 6) is 0. The van der Waals surface area contributed by atoms with Crippen LogP contribution in [0.5, 0.6) is 0 Å². The first-order valence-electron chi connectivity index (χ1n) is 4.43. The van der Waals surface area contributed by atoms with Crippen molar-refractivity contribution in [3.05, 3.63) is 24.3 Å². The molecule has 0 bridgehead atoms. The molecule has 0 saturated heterocycles. The Morgan fingerprint density at radius 2 is 1.36 bits per heavy atom. The minimum atomic E-state index is 0.744. The summed E-state index contributed by atoms with van der Waals surface area (Å²) in [6.07, 6.45) is 1.63. The average Bonchev–Trinajstić information content (AvgIpc) is 2.24. The van der Waals surface area contributed by atoms with Gasteiger partial charge in [-0.1, -0.05) is 41.4 Å². The highest BCUT2D eigenvalue weighted by Crippen LogP contribution is 2.15. The first-order valence-corrected chi connectivity index (χ1v) is 6.84. The molecule has 2 nitrogen and oxygen atoms in total. The minimum Gasteiger partial charge on any atom is -0.380 e. The summed E-state index contributed by atoms with van der Waals surface area (Å²) in [7, 11) is 4.97. The van der Waals surface area contributed by atoms with E-state index in [0.29, 0.717) is 0 Å². The third kappa shape index (κ3) is 4.02. The quantitative estimate of drug-likeness (QED) is 0.689. The average molecular weight is 230 g/mol. The maximum atomic E-state index is 5.09. The van der Waals surface area contributed by atoms with Gasteiger partial charge in [0.15, 0.2) is 0 Å². The van der Waals surface area contributed by atoms with Crippen LogP contribution >= 0.6 is 17.2 Å². The van der Waals surface area contributed by atoms with Crippen molar-refractivity contribution in [2.45, 2.75) is 0 Å². The van der Waals surface area contributed by atoms with Crippen LogP contribution in [0.4, 0.5) is 0 Å². The van der Waals surface area contributed by atoms with E-state index in [2.05, 4.69) is 24.3 Å². The largest absolute Gasteiger partial charge is 0.380 e. The fourth-order valence-electron chi connectivity index (χ4n) is 1.09. The van der Waals surface area contributed by atoms with Crippen LogP contribution < -0.4 is 10.6 Å². The van der Waals surface area contributed by atoms with Crippen molar-refractivity contribution in [1.29, 1.82) is 0 Å². The molecule has 0 fully saturated rings. The van der Waals surface area contributed by atoms with E-state index in [9.17, 15) is 0 Å². The molecule has 0 N–H and O–H groups in total. The molecule has 14 heavy (non-hydrogen) atoms. The van der Waals surface area contributed by atoms with Gasteiger partial charge in [-0.05, 0) is 10.6 Å². The molecule has 0 heterocycles. The molecule has 0 aromatic heterocycles. The zero-order chi connectivity index (χ0) is 10.2. The van der Waals surface area contributed by atoms with Crippen molar-refractivity contribution in [2.24, 2.45) is 0 Å². The van der Waals surface area contributed by atoms with Gasteiger partial charge in [0.25, 0.3) is 0 Å². The summed E-state index contributed by atoms with van der Waals surface area (Å²) in [4.78, 5) is 0. The van der Waals surface area contributed by atoms with Gasteiger partial charge in [0.1, 0.15) is 0 Å². The third-order valence-electron chi connectivity index (χ3n) is 1.74. The van der Waals surface area contributed by atoms with Crippen LogP contribution in [-0.2, 0) is 9.47 Å². The maximum absolute atomic E-state index is 5.09. The fraction of sp³-hybridized carbons (Fsp3) is 0.400. The zero-order valence-electron chi connectivity index (χ0n) is 8.54. The van der Waals surface area contributed by atoms with Crippen LogP contribution in [0.25, 0.3) is 0 Å². The lowest BCUT2D eigenvalue weighted by molar-refractivity contribution is 0.257. The predicted octanol–water partition coefficient (Wildman–Crippen LogP) is 1.50. The van der Waals surface area contributed by atoms with Gasteiger partial charge < -0.3 is 9.47 Å². The molecular formula is C10H16O2P2. The molecular weight excluding hydrogens is 214 g/mol. The molecule has 0 aliphatic rings. The minimum absolute atomic E-state index is 0.744. The highest BCUT2D eigenvalue weighted by atomic mass is 31.1. The number of benzene rings is 1. The molecule has 0 aliphatic carbocycles. The lowest BCUT2D eigenvalue weighted by Crippen LogP contribution is -2.16. The summed E-state index contributed by atoms with van der Waals surface area (Å²) >= 11 is 0. The van der Waals surface area contributed by atoms with Gasteiger partial charge in [-0.3, -0.25) is 0 Å². The summed E-state index contributed by atoms with van der Waals surface area (Å²) in [5.41, 5.74) is 0. The Hall–Kier alpha value is -0.0000000000000000208. The van der Waals surface area contributed by atoms with E-state index in [4.69, 9.17) is 9.47 Å². The van der Waals surface area contributed by atoms with Gasteiger partial charge in [0.2, 0.25) is 0 Å². The first kappa shape index (κ1) is 12.1. The molecule has 4 heteroatoms. The van der Waals surface area contributed by atoms with E-state index in [0.717, 1.165) is 29.9 Å². The Morgan fingerprint density at radius 1 is 0.929 bits per heavy atom. The standard InChI is InChI=1S/C10H16O2P2/c1-11-7-13-9-5-3-4-6-10(9)14-8-12-2/h3-6,13-14H,7-8H2,1-2H3. The Morgan fingerprint density at radius 3 is 1.71 bits per heavy atom. The lowest BCUT2D eigenvalue weighted by atomic mass is 10.4. The van der Waals surface area contributed by atoms with Crippen LogP contribution in [0.2, 0.25) is 0 Å². The van der Waals surface area contributed by atoms with Gasteiger partial charge in [0, 0.05) is 14.2 Å². The predicted molar refractivity (Wildman–Crippen MR) is 66.1 cm³/mol. The van der Waals surface area contributed by atoms with E-state index in [1.807, 2.05) is 0 Å². The molecule has 0 aliphatic heterocycles. The molecule has 1 rings (SSSR count). The van der Waals surface area contributed by atoms with Crippen molar-refractivity contribution >= 4 is 27.8 Å². The first-order chi connectivity index (χ1) is 6.88. The highest BCUT2D eigenvalue weighted by Gasteiger charge is 2.00. The third-order valence-corrected chi connectivity index (χ3v) is 4.49. The summed E-state index contributed by atoms with van der Waals surface area (Å²) < 4.78 is 10.2. The lowest BCUT2D eigenvalue weighted by Gasteiger charge is -2.08. The Kier molecular flexibility index (Phi) is 6.31. The van der Waals surface area contributed by atoms with Crippen molar-refractivity contribution in [3.8, 4) is 0 Å². The molecule has 0 amide bonds. The molecule has 0 saturated carbocycles. The summed E-state index contributed by atoms with van der Waals surface area (Å²) in [6, 6.07) is 8.52. The van der Waals surface area contributed by atoms with Gasteiger partial charge in [-0.15, -0.1) is 0 Å². The number of rotatable bonds is 6. The molecule has 2 atom stereocenters.